The molecule has 3 heterocycles. The molecule has 1 aromatic heterocycles. The summed E-state index contributed by atoms with van der Waals surface area (Å²) in [6.45, 7) is 5.44. The normalized spacial score (nSPS) is 29.8. The van der Waals surface area contributed by atoms with E-state index in [0.29, 0.717) is 31.4 Å². The van der Waals surface area contributed by atoms with Gasteiger partial charge in [0.05, 0.1) is 24.8 Å². The number of hydrogen-bond acceptors (Lipinski definition) is 5. The minimum atomic E-state index is -0.0184. The maximum absolute atomic E-state index is 12.4. The highest BCUT2D eigenvalue weighted by Crippen LogP contribution is 2.41. The molecule has 1 amide bonds. The van der Waals surface area contributed by atoms with E-state index in [4.69, 9.17) is 9.47 Å². The van der Waals surface area contributed by atoms with E-state index in [1.54, 1.807) is 7.11 Å². The van der Waals surface area contributed by atoms with Crippen LogP contribution in [-0.2, 0) is 9.47 Å². The second kappa shape index (κ2) is 4.85. The summed E-state index contributed by atoms with van der Waals surface area (Å²) in [6.07, 6.45) is 0. The molecule has 0 radical (unpaired) electrons. The highest BCUT2D eigenvalue weighted by Gasteiger charge is 2.52. The Labute approximate surface area is 116 Å². The largest absolute Gasteiger partial charge is 0.384 e. The molecule has 0 spiro atoms. The van der Waals surface area contributed by atoms with Gasteiger partial charge in [-0.25, -0.2) is 4.98 Å². The van der Waals surface area contributed by atoms with Crippen molar-refractivity contribution in [3.63, 3.8) is 0 Å². The Kier molecular flexibility index (Phi) is 3.32. The number of ether oxygens (including phenoxy) is 2. The average Bonchev–Trinajstić information content (AvgIpc) is 3.02. The van der Waals surface area contributed by atoms with Crippen molar-refractivity contribution in [2.75, 3.05) is 40.0 Å². The molecule has 3 rings (SSSR count). The predicted octanol–water partition coefficient (Wildman–Crippen LogP) is 1.19. The molecule has 0 unspecified atom stereocenters. The molecule has 5 nitrogen and oxygen atoms in total. The fraction of sp³-hybridized carbons (Fsp3) is 0.692. The number of aromatic nitrogens is 1. The molecule has 2 saturated heterocycles. The predicted molar refractivity (Wildman–Crippen MR) is 71.4 cm³/mol. The maximum Gasteiger partial charge on any atom is 0.273 e. The standard InChI is InChI=1S/C13H18N2O3S/c1-9-14-11(5-19-9)12(16)15-3-10-4-18-8-13(10,6-15)7-17-2/h5,10H,3-4,6-8H2,1-2H3/t10-,13-/m1/s1. The lowest BCUT2D eigenvalue weighted by Gasteiger charge is -2.25. The van der Waals surface area contributed by atoms with Crippen molar-refractivity contribution in [1.82, 2.24) is 9.88 Å². The molecule has 2 atom stereocenters. The van der Waals surface area contributed by atoms with Crippen molar-refractivity contribution in [2.45, 2.75) is 6.92 Å². The Hall–Kier alpha value is -0.980. The number of rotatable bonds is 3. The van der Waals surface area contributed by atoms with Crippen LogP contribution in [0.15, 0.2) is 5.38 Å². The van der Waals surface area contributed by atoms with Gasteiger partial charge in [-0.1, -0.05) is 0 Å². The van der Waals surface area contributed by atoms with Gasteiger partial charge in [0.1, 0.15) is 5.69 Å². The van der Waals surface area contributed by atoms with Gasteiger partial charge in [-0.05, 0) is 6.92 Å². The van der Waals surface area contributed by atoms with Gasteiger partial charge >= 0.3 is 0 Å². The minimum Gasteiger partial charge on any atom is -0.384 e. The van der Waals surface area contributed by atoms with Crippen LogP contribution >= 0.6 is 11.3 Å². The molecule has 1 aromatic rings. The van der Waals surface area contributed by atoms with Crippen LogP contribution in [-0.4, -0.2) is 55.8 Å². The van der Waals surface area contributed by atoms with E-state index in [9.17, 15) is 4.79 Å². The lowest BCUT2D eigenvalue weighted by Crippen LogP contribution is -2.37. The average molecular weight is 282 g/mol. The summed E-state index contributed by atoms with van der Waals surface area (Å²) in [7, 11) is 1.71. The van der Waals surface area contributed by atoms with Crippen LogP contribution in [0.3, 0.4) is 0 Å². The molecule has 0 aliphatic carbocycles. The molecule has 0 aromatic carbocycles. The van der Waals surface area contributed by atoms with Crippen molar-refractivity contribution < 1.29 is 14.3 Å². The van der Waals surface area contributed by atoms with Gasteiger partial charge in [-0.15, -0.1) is 11.3 Å². The fourth-order valence-corrected chi connectivity index (χ4v) is 3.69. The first kappa shape index (κ1) is 13.0. The second-order valence-corrected chi connectivity index (χ2v) is 6.51. The van der Waals surface area contributed by atoms with Gasteiger partial charge in [0.15, 0.2) is 0 Å². The highest BCUT2D eigenvalue weighted by atomic mass is 32.1. The van der Waals surface area contributed by atoms with Crippen molar-refractivity contribution in [2.24, 2.45) is 11.3 Å². The van der Waals surface area contributed by atoms with Crippen LogP contribution in [0.4, 0.5) is 0 Å². The molecule has 0 bridgehead atoms. The zero-order valence-corrected chi connectivity index (χ0v) is 12.0. The third-order valence-corrected chi connectivity index (χ3v) is 4.85. The van der Waals surface area contributed by atoms with Gasteiger partial charge in [-0.3, -0.25) is 4.79 Å². The molecule has 0 saturated carbocycles. The van der Waals surface area contributed by atoms with Crippen molar-refractivity contribution in [3.8, 4) is 0 Å². The van der Waals surface area contributed by atoms with E-state index in [0.717, 1.165) is 18.2 Å². The van der Waals surface area contributed by atoms with Gasteiger partial charge in [-0.2, -0.15) is 0 Å². The summed E-state index contributed by atoms with van der Waals surface area (Å²) in [6, 6.07) is 0. The molecule has 0 N–H and O–H groups in total. The van der Waals surface area contributed by atoms with E-state index in [1.165, 1.54) is 11.3 Å². The lowest BCUT2D eigenvalue weighted by atomic mass is 9.82. The number of carbonyl (C=O) groups excluding carboxylic acids is 1. The molecular formula is C13H18N2O3S. The van der Waals surface area contributed by atoms with Crippen LogP contribution in [0, 0.1) is 18.3 Å². The SMILES string of the molecule is COC[C@]12COC[C@H]1CN(C(=O)c1csc(C)n1)C2. The van der Waals surface area contributed by atoms with Gasteiger partial charge < -0.3 is 14.4 Å². The second-order valence-electron chi connectivity index (χ2n) is 5.44. The number of amides is 1. The van der Waals surface area contributed by atoms with Crippen molar-refractivity contribution >= 4 is 17.2 Å². The number of thiazole rings is 1. The zero-order chi connectivity index (χ0) is 13.5. The van der Waals surface area contributed by atoms with Gasteiger partial charge in [0.2, 0.25) is 0 Å². The maximum atomic E-state index is 12.4. The number of hydrogen-bond donors (Lipinski definition) is 0. The lowest BCUT2D eigenvalue weighted by molar-refractivity contribution is 0.0487. The summed E-state index contributed by atoms with van der Waals surface area (Å²) >= 11 is 1.51. The molecule has 6 heteroatoms. The van der Waals surface area contributed by atoms with Crippen molar-refractivity contribution in [1.29, 1.82) is 0 Å². The van der Waals surface area contributed by atoms with E-state index in [-0.39, 0.29) is 11.3 Å². The molecular weight excluding hydrogens is 264 g/mol. The summed E-state index contributed by atoms with van der Waals surface area (Å²) in [5.74, 6) is 0.422. The zero-order valence-electron chi connectivity index (χ0n) is 11.2. The van der Waals surface area contributed by atoms with Crippen LogP contribution in [0.5, 0.6) is 0 Å². The Morgan fingerprint density at radius 3 is 3.26 bits per heavy atom. The number of nitrogens with zero attached hydrogens (tertiary/aromatic N) is 2. The summed E-state index contributed by atoms with van der Waals surface area (Å²) in [4.78, 5) is 18.6. The third-order valence-electron chi connectivity index (χ3n) is 4.08. The highest BCUT2D eigenvalue weighted by molar-refractivity contribution is 7.09. The first-order chi connectivity index (χ1) is 9.14. The topological polar surface area (TPSA) is 51.7 Å². The molecule has 104 valence electrons. The Balaban J connectivity index is 1.76. The quantitative estimate of drug-likeness (QED) is 0.835. The Morgan fingerprint density at radius 2 is 2.58 bits per heavy atom. The number of likely N-dealkylation sites (tertiary alicyclic amines) is 1. The molecule has 19 heavy (non-hydrogen) atoms. The van der Waals surface area contributed by atoms with Crippen LogP contribution in [0.2, 0.25) is 0 Å². The molecule has 2 aliphatic heterocycles. The van der Waals surface area contributed by atoms with Crippen LogP contribution in [0.1, 0.15) is 15.5 Å². The molecule has 2 aliphatic rings. The number of aryl methyl sites for hydroxylation is 1. The first-order valence-electron chi connectivity index (χ1n) is 6.43. The van der Waals surface area contributed by atoms with E-state index >= 15 is 0 Å². The minimum absolute atomic E-state index is 0.0184. The number of methoxy groups -OCH3 is 1. The smallest absolute Gasteiger partial charge is 0.273 e. The van der Waals surface area contributed by atoms with Crippen LogP contribution < -0.4 is 0 Å². The third kappa shape index (κ3) is 2.17. The number of carbonyl (C=O) groups is 1. The monoisotopic (exact) mass is 282 g/mol. The number of fused-ring (bicyclic) bond motifs is 1. The first-order valence-corrected chi connectivity index (χ1v) is 7.31. The Bertz CT molecular complexity index is 490. The van der Waals surface area contributed by atoms with E-state index in [1.807, 2.05) is 17.2 Å². The molecule has 2 fully saturated rings. The van der Waals surface area contributed by atoms with Crippen molar-refractivity contribution in [3.05, 3.63) is 16.1 Å². The summed E-state index contributed by atoms with van der Waals surface area (Å²) in [5, 5.41) is 2.77. The van der Waals surface area contributed by atoms with E-state index in [2.05, 4.69) is 4.98 Å². The van der Waals surface area contributed by atoms with Gasteiger partial charge in [0.25, 0.3) is 5.91 Å². The fourth-order valence-electron chi connectivity index (χ4n) is 3.10. The van der Waals surface area contributed by atoms with Crippen LogP contribution in [0.25, 0.3) is 0 Å². The summed E-state index contributed by atoms with van der Waals surface area (Å²) in [5.41, 5.74) is 0.547. The van der Waals surface area contributed by atoms with E-state index < -0.39 is 0 Å². The Morgan fingerprint density at radius 1 is 1.74 bits per heavy atom. The van der Waals surface area contributed by atoms with Gasteiger partial charge in [0, 0.05) is 36.9 Å². The summed E-state index contributed by atoms with van der Waals surface area (Å²) < 4.78 is 10.9.